The Bertz CT molecular complexity index is 2950. The SMILES string of the molecule is COC(=O)c1c(-c2cnn(CC34CC5CC(CC(C5)C3)C4)c2C)ccn2c(Nc3ccc(C4=CCN(C(=O)OCc5ccccc5)CC4)cc3C(=O)Nc3nc4ccccc4s3)cnc12. The summed E-state index contributed by atoms with van der Waals surface area (Å²) in [5.74, 6) is 2.25. The molecule has 4 bridgehead atoms. The number of rotatable bonds is 11. The summed E-state index contributed by atoms with van der Waals surface area (Å²) in [7, 11) is 1.38. The van der Waals surface area contributed by atoms with Crippen molar-refractivity contribution in [2.75, 3.05) is 30.8 Å². The van der Waals surface area contributed by atoms with Crippen molar-refractivity contribution in [2.24, 2.45) is 23.2 Å². The van der Waals surface area contributed by atoms with Crippen LogP contribution in [0.2, 0.25) is 0 Å². The summed E-state index contributed by atoms with van der Waals surface area (Å²) >= 11 is 1.41. The topological polar surface area (TPSA) is 145 Å². The molecule has 1 aliphatic heterocycles. The van der Waals surface area contributed by atoms with E-state index in [1.54, 1.807) is 11.1 Å². The highest BCUT2D eigenvalue weighted by Gasteiger charge is 2.51. The number of carbonyl (C=O) groups excluding carboxylic acids is 3. The normalized spacial score (nSPS) is 21.1. The van der Waals surface area contributed by atoms with Crippen LogP contribution >= 0.6 is 11.3 Å². The number of methoxy groups -OCH3 is 1. The number of anilines is 3. The number of hydrogen-bond donors (Lipinski definition) is 2. The molecule has 4 saturated carbocycles. The molecule has 2 N–H and O–H groups in total. The van der Waals surface area contributed by atoms with E-state index >= 15 is 0 Å². The number of fused-ring (bicyclic) bond motifs is 2. The standard InChI is InChI=1S/C51H50N8O5S/c1-31-40(27-53-59(31)30-51-24-33-20-34(25-51)22-35(21-33)26-51)38-16-19-58-44(28-52-46(58)45(38)48(61)63-2)54-41-13-12-37(23-39(41)47(60)56-49-55-42-10-6-7-11-43(42)65-49)36-14-17-57(18-15-36)50(62)64-29-32-8-4-3-5-9-32/h3-14,16,19,23,27-28,33-35,54H,15,17-18,20-22,24-26,29-30H2,1-2H3,(H,55,56,60). The molecule has 0 atom stereocenters. The summed E-state index contributed by atoms with van der Waals surface area (Å²) in [4.78, 5) is 52.1. The quantitative estimate of drug-likeness (QED) is 0.121. The third kappa shape index (κ3) is 7.83. The molecular formula is C51H50N8O5S. The average Bonchev–Trinajstić information content (AvgIpc) is 4.03. The second kappa shape index (κ2) is 16.6. The van der Waals surface area contributed by atoms with Crippen molar-refractivity contribution in [1.82, 2.24) is 29.0 Å². The van der Waals surface area contributed by atoms with Gasteiger partial charge in [0.15, 0.2) is 10.8 Å². The average molecular weight is 887 g/mol. The first-order chi connectivity index (χ1) is 31.7. The molecule has 0 saturated heterocycles. The number of thiazole rings is 1. The Labute approximate surface area is 380 Å². The maximum absolute atomic E-state index is 14.3. The number of carbonyl (C=O) groups is 3. The Morgan fingerprint density at radius 1 is 0.908 bits per heavy atom. The lowest BCUT2D eigenvalue weighted by Crippen LogP contribution is -2.48. The van der Waals surface area contributed by atoms with Crippen LogP contribution in [-0.2, 0) is 22.6 Å². The molecule has 4 aliphatic carbocycles. The van der Waals surface area contributed by atoms with Crippen molar-refractivity contribution in [3.8, 4) is 11.1 Å². The van der Waals surface area contributed by atoms with Crippen LogP contribution in [0, 0.1) is 30.1 Å². The lowest BCUT2D eigenvalue weighted by molar-refractivity contribution is -0.0638. The van der Waals surface area contributed by atoms with E-state index in [9.17, 15) is 14.4 Å². The zero-order valence-electron chi connectivity index (χ0n) is 36.5. The number of nitrogens with zero attached hydrogens (tertiary/aromatic N) is 6. The predicted octanol–water partition coefficient (Wildman–Crippen LogP) is 10.5. The van der Waals surface area contributed by atoms with Gasteiger partial charge in [0, 0.05) is 42.7 Å². The highest BCUT2D eigenvalue weighted by molar-refractivity contribution is 7.22. The van der Waals surface area contributed by atoms with Crippen LogP contribution in [-0.4, -0.2) is 67.2 Å². The fourth-order valence-corrected chi connectivity index (χ4v) is 12.4. The Hall–Kier alpha value is -6.80. The molecule has 3 aromatic carbocycles. The molecule has 12 rings (SSSR count). The summed E-state index contributed by atoms with van der Waals surface area (Å²) in [6.45, 7) is 4.06. The molecule has 5 heterocycles. The van der Waals surface area contributed by atoms with Gasteiger partial charge in [-0.25, -0.2) is 19.6 Å². The lowest BCUT2D eigenvalue weighted by Gasteiger charge is -2.56. The fourth-order valence-electron chi connectivity index (χ4n) is 11.5. The number of amides is 2. The minimum Gasteiger partial charge on any atom is -0.465 e. The molecule has 0 spiro atoms. The van der Waals surface area contributed by atoms with Crippen molar-refractivity contribution in [1.29, 1.82) is 0 Å². The summed E-state index contributed by atoms with van der Waals surface area (Å²) < 4.78 is 15.9. The maximum Gasteiger partial charge on any atom is 0.410 e. The van der Waals surface area contributed by atoms with Crippen molar-refractivity contribution < 1.29 is 23.9 Å². The van der Waals surface area contributed by atoms with Crippen LogP contribution in [0.5, 0.6) is 0 Å². The summed E-state index contributed by atoms with van der Waals surface area (Å²) in [6, 6.07) is 25.0. The Morgan fingerprint density at radius 2 is 1.68 bits per heavy atom. The van der Waals surface area contributed by atoms with E-state index < -0.39 is 5.97 Å². The van der Waals surface area contributed by atoms with Crippen LogP contribution in [0.4, 0.5) is 21.4 Å². The number of pyridine rings is 1. The molecule has 4 fully saturated rings. The minimum absolute atomic E-state index is 0.207. The van der Waals surface area contributed by atoms with E-state index in [0.717, 1.165) is 62.5 Å². The van der Waals surface area contributed by atoms with Gasteiger partial charge < -0.3 is 19.7 Å². The Kier molecular flexibility index (Phi) is 10.5. The molecule has 330 valence electrons. The van der Waals surface area contributed by atoms with Gasteiger partial charge in [-0.2, -0.15) is 5.10 Å². The molecule has 2 amide bonds. The maximum atomic E-state index is 14.3. The van der Waals surface area contributed by atoms with Crippen molar-refractivity contribution >= 4 is 67.4 Å². The number of hydrogen-bond acceptors (Lipinski definition) is 10. The fraction of sp³-hybridized carbons (Fsp3) is 0.333. The van der Waals surface area contributed by atoms with Gasteiger partial charge in [-0.1, -0.05) is 65.9 Å². The third-order valence-electron chi connectivity index (χ3n) is 14.2. The third-order valence-corrected chi connectivity index (χ3v) is 15.1. The second-order valence-corrected chi connectivity index (χ2v) is 19.5. The van der Waals surface area contributed by atoms with E-state index in [1.165, 1.54) is 57.0 Å². The highest BCUT2D eigenvalue weighted by atomic mass is 32.1. The van der Waals surface area contributed by atoms with E-state index in [2.05, 4.69) is 27.2 Å². The van der Waals surface area contributed by atoms with Gasteiger partial charge in [0.2, 0.25) is 0 Å². The number of aromatic nitrogens is 5. The highest BCUT2D eigenvalue weighted by Crippen LogP contribution is 2.60. The molecule has 5 aliphatic rings. The van der Waals surface area contributed by atoms with Crippen LogP contribution in [0.1, 0.15) is 82.5 Å². The number of benzene rings is 3. The summed E-state index contributed by atoms with van der Waals surface area (Å²) in [5, 5.41) is 11.9. The molecule has 14 heteroatoms. The van der Waals surface area contributed by atoms with Gasteiger partial charge in [-0.05, 0) is 122 Å². The van der Waals surface area contributed by atoms with Crippen LogP contribution < -0.4 is 10.6 Å². The number of nitrogens with one attached hydrogen (secondary N) is 2. The smallest absolute Gasteiger partial charge is 0.410 e. The van der Waals surface area contributed by atoms with Gasteiger partial charge in [0.05, 0.1) is 41.0 Å². The number of para-hydroxylation sites is 1. The number of imidazole rings is 1. The van der Waals surface area contributed by atoms with Crippen LogP contribution in [0.15, 0.2) is 104 Å². The monoisotopic (exact) mass is 886 g/mol. The van der Waals surface area contributed by atoms with Gasteiger partial charge >= 0.3 is 12.1 Å². The second-order valence-electron chi connectivity index (χ2n) is 18.4. The van der Waals surface area contributed by atoms with Crippen LogP contribution in [0.25, 0.3) is 32.6 Å². The largest absolute Gasteiger partial charge is 0.465 e. The lowest BCUT2D eigenvalue weighted by atomic mass is 9.49. The van der Waals surface area contributed by atoms with Crippen molar-refractivity contribution in [3.63, 3.8) is 0 Å². The van der Waals surface area contributed by atoms with Gasteiger partial charge in [-0.15, -0.1) is 0 Å². The molecule has 4 aromatic heterocycles. The van der Waals surface area contributed by atoms with Crippen molar-refractivity contribution in [3.05, 3.63) is 131 Å². The zero-order valence-corrected chi connectivity index (χ0v) is 37.3. The minimum atomic E-state index is -0.500. The molecular weight excluding hydrogens is 837 g/mol. The zero-order chi connectivity index (χ0) is 44.2. The van der Waals surface area contributed by atoms with E-state index in [1.807, 2.05) is 102 Å². The van der Waals surface area contributed by atoms with Gasteiger partial charge in [-0.3, -0.25) is 19.2 Å². The van der Waals surface area contributed by atoms with Gasteiger partial charge in [0.1, 0.15) is 18.0 Å². The summed E-state index contributed by atoms with van der Waals surface area (Å²) in [5.41, 5.74) is 8.18. The molecule has 65 heavy (non-hydrogen) atoms. The van der Waals surface area contributed by atoms with Crippen molar-refractivity contribution in [2.45, 2.75) is 65.0 Å². The molecule has 7 aromatic rings. The Morgan fingerprint density at radius 3 is 2.42 bits per heavy atom. The summed E-state index contributed by atoms with van der Waals surface area (Å²) in [6.07, 6.45) is 15.7. The first-order valence-corrected chi connectivity index (χ1v) is 23.3. The van der Waals surface area contributed by atoms with Gasteiger partial charge in [0.25, 0.3) is 5.91 Å². The molecule has 13 nitrogen and oxygen atoms in total. The number of esters is 1. The van der Waals surface area contributed by atoms with E-state index in [-0.39, 0.29) is 18.6 Å². The van der Waals surface area contributed by atoms with Crippen LogP contribution in [0.3, 0.4) is 0 Å². The predicted molar refractivity (Wildman–Crippen MR) is 251 cm³/mol. The van der Waals surface area contributed by atoms with E-state index in [0.29, 0.717) is 63.9 Å². The Balaban J connectivity index is 0.885. The molecule has 0 radical (unpaired) electrons. The first-order valence-electron chi connectivity index (χ1n) is 22.5. The molecule has 0 unspecified atom stereocenters. The number of ether oxygens (including phenoxy) is 2. The first kappa shape index (κ1) is 40.9. The van der Waals surface area contributed by atoms with E-state index in [4.69, 9.17) is 19.6 Å².